The second kappa shape index (κ2) is 5.91. The zero-order valence-electron chi connectivity index (χ0n) is 10.6. The SMILES string of the molecule is CN(CC(N)=O)Cc1ccc(-c2ccc(Cl)cc2)o1. The third-order valence-corrected chi connectivity index (χ3v) is 2.89. The van der Waals surface area contributed by atoms with Crippen LogP contribution in [0.5, 0.6) is 0 Å². The van der Waals surface area contributed by atoms with Crippen LogP contribution in [0.1, 0.15) is 5.76 Å². The van der Waals surface area contributed by atoms with Crippen LogP contribution in [0.3, 0.4) is 0 Å². The number of amides is 1. The van der Waals surface area contributed by atoms with E-state index in [1.807, 2.05) is 43.4 Å². The normalized spacial score (nSPS) is 10.9. The Morgan fingerprint density at radius 1 is 1.26 bits per heavy atom. The largest absolute Gasteiger partial charge is 0.460 e. The Bertz CT molecular complexity index is 563. The highest BCUT2D eigenvalue weighted by molar-refractivity contribution is 6.30. The number of hydrogen-bond acceptors (Lipinski definition) is 3. The topological polar surface area (TPSA) is 59.5 Å². The molecule has 1 aromatic carbocycles. The van der Waals surface area contributed by atoms with Gasteiger partial charge in [-0.25, -0.2) is 0 Å². The summed E-state index contributed by atoms with van der Waals surface area (Å²) >= 11 is 5.84. The van der Waals surface area contributed by atoms with Crippen LogP contribution in [0, 0.1) is 0 Å². The summed E-state index contributed by atoms with van der Waals surface area (Å²) in [6.45, 7) is 0.744. The fourth-order valence-corrected chi connectivity index (χ4v) is 1.95. The molecule has 100 valence electrons. The maximum absolute atomic E-state index is 10.8. The van der Waals surface area contributed by atoms with Crippen molar-refractivity contribution in [2.45, 2.75) is 6.54 Å². The highest BCUT2D eigenvalue weighted by Gasteiger charge is 2.08. The molecule has 19 heavy (non-hydrogen) atoms. The van der Waals surface area contributed by atoms with Gasteiger partial charge in [-0.1, -0.05) is 11.6 Å². The number of rotatable bonds is 5. The van der Waals surface area contributed by atoms with Crippen LogP contribution in [-0.2, 0) is 11.3 Å². The lowest BCUT2D eigenvalue weighted by Crippen LogP contribution is -2.30. The Hall–Kier alpha value is -1.78. The van der Waals surface area contributed by atoms with Gasteiger partial charge in [-0.15, -0.1) is 0 Å². The van der Waals surface area contributed by atoms with Gasteiger partial charge >= 0.3 is 0 Å². The van der Waals surface area contributed by atoms with Gasteiger partial charge < -0.3 is 10.2 Å². The van der Waals surface area contributed by atoms with E-state index in [4.69, 9.17) is 21.8 Å². The third-order valence-electron chi connectivity index (χ3n) is 2.64. The fraction of sp³-hybridized carbons (Fsp3) is 0.214. The predicted molar refractivity (Wildman–Crippen MR) is 74.7 cm³/mol. The number of nitrogens with two attached hydrogens (primary N) is 1. The van der Waals surface area contributed by atoms with Crippen LogP contribution in [0.25, 0.3) is 11.3 Å². The number of furan rings is 1. The molecule has 2 rings (SSSR count). The molecule has 2 N–H and O–H groups in total. The van der Waals surface area contributed by atoms with Crippen LogP contribution in [0.4, 0.5) is 0 Å². The molecule has 0 spiro atoms. The first kappa shape index (κ1) is 13.6. The molecule has 4 nitrogen and oxygen atoms in total. The molecule has 0 aliphatic heterocycles. The molecule has 0 aliphatic carbocycles. The molecule has 0 unspecified atom stereocenters. The van der Waals surface area contributed by atoms with Gasteiger partial charge in [-0.05, 0) is 43.4 Å². The molecule has 0 radical (unpaired) electrons. The summed E-state index contributed by atoms with van der Waals surface area (Å²) in [4.78, 5) is 12.6. The van der Waals surface area contributed by atoms with Gasteiger partial charge in [-0.3, -0.25) is 9.69 Å². The van der Waals surface area contributed by atoms with Crippen molar-refractivity contribution < 1.29 is 9.21 Å². The lowest BCUT2D eigenvalue weighted by Gasteiger charge is -2.11. The summed E-state index contributed by atoms with van der Waals surface area (Å²) in [6, 6.07) is 11.2. The first-order chi connectivity index (χ1) is 9.04. The Balaban J connectivity index is 2.06. The van der Waals surface area contributed by atoms with Crippen molar-refractivity contribution in [3.05, 3.63) is 47.2 Å². The molecule has 0 saturated heterocycles. The van der Waals surface area contributed by atoms with E-state index in [-0.39, 0.29) is 12.5 Å². The number of likely N-dealkylation sites (N-methyl/N-ethyl adjacent to an activating group) is 1. The van der Waals surface area contributed by atoms with E-state index in [0.717, 1.165) is 17.1 Å². The zero-order valence-corrected chi connectivity index (χ0v) is 11.4. The summed E-state index contributed by atoms with van der Waals surface area (Å²) in [5.74, 6) is 1.21. The average Bonchev–Trinajstić information content (AvgIpc) is 2.77. The molecular weight excluding hydrogens is 264 g/mol. The van der Waals surface area contributed by atoms with E-state index in [1.165, 1.54) is 0 Å². The number of primary amides is 1. The van der Waals surface area contributed by atoms with Gasteiger partial charge in [0.15, 0.2) is 0 Å². The van der Waals surface area contributed by atoms with Crippen molar-refractivity contribution in [3.8, 4) is 11.3 Å². The minimum absolute atomic E-state index is 0.205. The molecule has 5 heteroatoms. The highest BCUT2D eigenvalue weighted by atomic mass is 35.5. The summed E-state index contributed by atoms with van der Waals surface area (Å²) in [7, 11) is 1.81. The Labute approximate surface area is 116 Å². The van der Waals surface area contributed by atoms with Crippen molar-refractivity contribution in [1.29, 1.82) is 0 Å². The van der Waals surface area contributed by atoms with Crippen LogP contribution < -0.4 is 5.73 Å². The molecule has 0 fully saturated rings. The monoisotopic (exact) mass is 278 g/mol. The smallest absolute Gasteiger partial charge is 0.231 e. The number of halogens is 1. The quantitative estimate of drug-likeness (QED) is 0.914. The number of carbonyl (C=O) groups is 1. The molecular formula is C14H15ClN2O2. The van der Waals surface area contributed by atoms with Gasteiger partial charge in [0.25, 0.3) is 0 Å². The maximum atomic E-state index is 10.8. The van der Waals surface area contributed by atoms with Gasteiger partial charge in [-0.2, -0.15) is 0 Å². The van der Waals surface area contributed by atoms with Crippen molar-refractivity contribution >= 4 is 17.5 Å². The predicted octanol–water partition coefficient (Wildman–Crippen LogP) is 2.52. The Morgan fingerprint density at radius 2 is 1.95 bits per heavy atom. The fourth-order valence-electron chi connectivity index (χ4n) is 1.82. The standard InChI is InChI=1S/C14H15ClN2O2/c1-17(9-14(16)18)8-12-6-7-13(19-12)10-2-4-11(15)5-3-10/h2-7H,8-9H2,1H3,(H2,16,18). The van der Waals surface area contributed by atoms with E-state index in [9.17, 15) is 4.79 Å². The summed E-state index contributed by atoms with van der Waals surface area (Å²) in [5.41, 5.74) is 6.10. The van der Waals surface area contributed by atoms with Gasteiger partial charge in [0.2, 0.25) is 5.91 Å². The molecule has 0 saturated carbocycles. The molecule has 1 amide bonds. The molecule has 2 aromatic rings. The Morgan fingerprint density at radius 3 is 2.58 bits per heavy atom. The summed E-state index contributed by atoms with van der Waals surface area (Å²) < 4.78 is 5.72. The van der Waals surface area contributed by atoms with Gasteiger partial charge in [0.1, 0.15) is 11.5 Å². The number of hydrogen-bond donors (Lipinski definition) is 1. The number of benzene rings is 1. The van der Waals surface area contributed by atoms with Crippen LogP contribution in [0.15, 0.2) is 40.8 Å². The third kappa shape index (κ3) is 3.84. The first-order valence-corrected chi connectivity index (χ1v) is 6.24. The Kier molecular flexibility index (Phi) is 4.24. The van der Waals surface area contributed by atoms with E-state index >= 15 is 0 Å². The molecule has 0 aliphatic rings. The van der Waals surface area contributed by atoms with Crippen LogP contribution >= 0.6 is 11.6 Å². The second-order valence-corrected chi connectivity index (χ2v) is 4.85. The zero-order chi connectivity index (χ0) is 13.8. The van der Waals surface area contributed by atoms with E-state index in [2.05, 4.69) is 0 Å². The highest BCUT2D eigenvalue weighted by Crippen LogP contribution is 2.24. The maximum Gasteiger partial charge on any atom is 0.231 e. The van der Waals surface area contributed by atoms with Crippen molar-refractivity contribution in [3.63, 3.8) is 0 Å². The second-order valence-electron chi connectivity index (χ2n) is 4.41. The van der Waals surface area contributed by atoms with E-state index in [1.54, 1.807) is 4.90 Å². The molecule has 0 bridgehead atoms. The summed E-state index contributed by atoms with van der Waals surface area (Å²) in [5, 5.41) is 0.691. The lowest BCUT2D eigenvalue weighted by molar-refractivity contribution is -0.119. The van der Waals surface area contributed by atoms with Crippen LogP contribution in [-0.4, -0.2) is 24.4 Å². The van der Waals surface area contributed by atoms with Crippen molar-refractivity contribution in [2.75, 3.05) is 13.6 Å². The van der Waals surface area contributed by atoms with Crippen molar-refractivity contribution in [1.82, 2.24) is 4.90 Å². The van der Waals surface area contributed by atoms with Gasteiger partial charge in [0.05, 0.1) is 13.1 Å². The summed E-state index contributed by atoms with van der Waals surface area (Å²) in [6.07, 6.45) is 0. The lowest BCUT2D eigenvalue weighted by atomic mass is 10.2. The van der Waals surface area contributed by atoms with E-state index in [0.29, 0.717) is 11.6 Å². The molecule has 1 aromatic heterocycles. The molecule has 0 atom stereocenters. The average molecular weight is 279 g/mol. The van der Waals surface area contributed by atoms with E-state index < -0.39 is 0 Å². The minimum atomic E-state index is -0.355. The van der Waals surface area contributed by atoms with Gasteiger partial charge in [0, 0.05) is 10.6 Å². The number of carbonyl (C=O) groups excluding carboxylic acids is 1. The molecule has 1 heterocycles. The first-order valence-electron chi connectivity index (χ1n) is 5.86. The van der Waals surface area contributed by atoms with Crippen molar-refractivity contribution in [2.24, 2.45) is 5.73 Å². The minimum Gasteiger partial charge on any atom is -0.460 e. The van der Waals surface area contributed by atoms with Crippen LogP contribution in [0.2, 0.25) is 5.02 Å². The number of nitrogens with zero attached hydrogens (tertiary/aromatic N) is 1.